The molecule has 1 amide bonds. The topological polar surface area (TPSA) is 91.5 Å². The average Bonchev–Trinajstić information content (AvgIpc) is 3.25. The fourth-order valence-corrected chi connectivity index (χ4v) is 5.31. The Bertz CT molecular complexity index is 1200. The number of benzene rings is 2. The van der Waals surface area contributed by atoms with Crippen molar-refractivity contribution in [2.45, 2.75) is 26.3 Å². The quantitative estimate of drug-likeness (QED) is 0.545. The molecule has 3 atom stereocenters. The summed E-state index contributed by atoms with van der Waals surface area (Å²) in [6.07, 6.45) is 5.41. The van der Waals surface area contributed by atoms with Gasteiger partial charge >= 0.3 is 0 Å². The highest BCUT2D eigenvalue weighted by Crippen LogP contribution is 2.40. The van der Waals surface area contributed by atoms with Gasteiger partial charge in [-0.2, -0.15) is 0 Å². The van der Waals surface area contributed by atoms with Crippen molar-refractivity contribution in [1.29, 1.82) is 0 Å². The molecule has 7 nitrogen and oxygen atoms in total. The number of aromatic amines is 1. The third kappa shape index (κ3) is 4.94. The number of H-pyrrole nitrogens is 1. The van der Waals surface area contributed by atoms with Crippen LogP contribution in [0.5, 0.6) is 0 Å². The molecule has 0 saturated carbocycles. The molecule has 0 fully saturated rings. The molecule has 5 rings (SSSR count). The van der Waals surface area contributed by atoms with Gasteiger partial charge in [-0.25, -0.2) is 0 Å². The van der Waals surface area contributed by atoms with E-state index in [4.69, 9.17) is 0 Å². The van der Waals surface area contributed by atoms with Crippen LogP contribution in [-0.2, 0) is 22.5 Å². The van der Waals surface area contributed by atoms with Crippen molar-refractivity contribution in [3.05, 3.63) is 71.9 Å². The minimum Gasteiger partial charge on any atom is -0.755 e. The van der Waals surface area contributed by atoms with Gasteiger partial charge in [-0.3, -0.25) is 13.9 Å². The Morgan fingerprint density at radius 3 is 2.59 bits per heavy atom. The van der Waals surface area contributed by atoms with Gasteiger partial charge in [0, 0.05) is 59.7 Å². The second-order valence-corrected chi connectivity index (χ2v) is 9.32. The normalized spacial score (nSPS) is 19.9. The number of hydrogen-bond donors (Lipinski definition) is 2. The van der Waals surface area contributed by atoms with E-state index in [1.54, 1.807) is 24.3 Å². The number of carbonyl (C=O) groups excluding carboxylic acids is 1. The average molecular weight is 480 g/mol. The van der Waals surface area contributed by atoms with Crippen molar-refractivity contribution in [1.82, 2.24) is 14.8 Å². The predicted molar refractivity (Wildman–Crippen MR) is 137 cm³/mol. The Morgan fingerprint density at radius 1 is 1.18 bits per heavy atom. The SMILES string of the molecule is CCN(CC)C(=O)[C@@H]1C=C2c3cccc4[nH]cc(c34)C[C@H]2N(C)C1.O=S([O-])Nc1ccccc1. The Morgan fingerprint density at radius 2 is 1.91 bits per heavy atom. The molecule has 1 aliphatic carbocycles. The lowest BCUT2D eigenvalue weighted by atomic mass is 9.79. The molecule has 1 aliphatic heterocycles. The number of anilines is 1. The zero-order chi connectivity index (χ0) is 24.2. The summed E-state index contributed by atoms with van der Waals surface area (Å²) in [4.78, 5) is 20.6. The predicted octanol–water partition coefficient (Wildman–Crippen LogP) is 3.80. The number of nitrogens with zero attached hydrogens (tertiary/aromatic N) is 2. The van der Waals surface area contributed by atoms with E-state index in [-0.39, 0.29) is 11.8 Å². The van der Waals surface area contributed by atoms with Gasteiger partial charge in [0.05, 0.1) is 5.92 Å². The summed E-state index contributed by atoms with van der Waals surface area (Å²) < 4.78 is 22.3. The molecular formula is C26H31N4O3S-. The van der Waals surface area contributed by atoms with Crippen LogP contribution in [0.1, 0.15) is 25.0 Å². The number of likely N-dealkylation sites (N-methyl/N-ethyl adjacent to an activating group) is 1. The summed E-state index contributed by atoms with van der Waals surface area (Å²) in [5.74, 6) is 0.210. The molecule has 0 radical (unpaired) electrons. The number of aromatic nitrogens is 1. The fraction of sp³-hybridized carbons (Fsp3) is 0.346. The van der Waals surface area contributed by atoms with Gasteiger partial charge in [-0.1, -0.05) is 36.4 Å². The minimum absolute atomic E-state index is 0.0445. The van der Waals surface area contributed by atoms with Crippen molar-refractivity contribution in [3.8, 4) is 0 Å². The Labute approximate surface area is 203 Å². The molecule has 0 bridgehead atoms. The maximum atomic E-state index is 12.9. The van der Waals surface area contributed by atoms with Gasteiger partial charge in [0.25, 0.3) is 0 Å². The second-order valence-electron chi connectivity index (χ2n) is 8.64. The van der Waals surface area contributed by atoms with Crippen LogP contribution in [0.15, 0.2) is 60.8 Å². The summed E-state index contributed by atoms with van der Waals surface area (Å²) >= 11 is -2.22. The molecule has 2 N–H and O–H groups in total. The van der Waals surface area contributed by atoms with Crippen LogP contribution in [0.3, 0.4) is 0 Å². The fourth-order valence-electron chi connectivity index (χ4n) is 4.98. The summed E-state index contributed by atoms with van der Waals surface area (Å²) in [5, 5.41) is 1.34. The van der Waals surface area contributed by atoms with E-state index in [1.807, 2.05) is 11.0 Å². The summed E-state index contributed by atoms with van der Waals surface area (Å²) in [5.41, 5.74) is 5.79. The van der Waals surface area contributed by atoms with Gasteiger partial charge in [0.2, 0.25) is 5.91 Å². The maximum Gasteiger partial charge on any atom is 0.230 e. The van der Waals surface area contributed by atoms with Gasteiger partial charge in [0.15, 0.2) is 0 Å². The third-order valence-corrected chi connectivity index (χ3v) is 7.04. The van der Waals surface area contributed by atoms with Gasteiger partial charge in [0.1, 0.15) is 0 Å². The first kappa shape index (κ1) is 24.2. The maximum absolute atomic E-state index is 12.9. The van der Waals surface area contributed by atoms with Crippen molar-refractivity contribution in [2.24, 2.45) is 5.92 Å². The lowest BCUT2D eigenvalue weighted by molar-refractivity contribution is -0.134. The number of hydrogen-bond acceptors (Lipinski definition) is 4. The van der Waals surface area contributed by atoms with Crippen molar-refractivity contribution < 1.29 is 13.6 Å². The number of nitrogens with one attached hydrogen (secondary N) is 2. The molecule has 8 heteroatoms. The summed E-state index contributed by atoms with van der Waals surface area (Å²) in [6, 6.07) is 15.5. The lowest BCUT2D eigenvalue weighted by Crippen LogP contribution is -2.47. The molecule has 1 aromatic heterocycles. The number of fused-ring (bicyclic) bond motifs is 2. The van der Waals surface area contributed by atoms with E-state index in [1.165, 1.54) is 27.6 Å². The largest absolute Gasteiger partial charge is 0.755 e. The van der Waals surface area contributed by atoms with Crippen LogP contribution in [0, 0.1) is 5.92 Å². The molecular weight excluding hydrogens is 448 g/mol. The zero-order valence-electron chi connectivity index (χ0n) is 19.8. The van der Waals surface area contributed by atoms with Crippen LogP contribution in [0.4, 0.5) is 5.69 Å². The number of para-hydroxylation sites is 1. The molecule has 2 aromatic carbocycles. The molecule has 0 saturated heterocycles. The van der Waals surface area contributed by atoms with Crippen LogP contribution < -0.4 is 4.72 Å². The van der Waals surface area contributed by atoms with E-state index < -0.39 is 11.3 Å². The van der Waals surface area contributed by atoms with E-state index in [2.05, 4.69) is 66.0 Å². The molecule has 3 aromatic rings. The summed E-state index contributed by atoms with van der Waals surface area (Å²) in [6.45, 7) is 6.47. The van der Waals surface area contributed by atoms with Gasteiger partial charge in [-0.05, 0) is 62.2 Å². The molecule has 34 heavy (non-hydrogen) atoms. The Kier molecular flexibility index (Phi) is 7.50. The van der Waals surface area contributed by atoms with Gasteiger partial charge in [-0.15, -0.1) is 0 Å². The highest BCUT2D eigenvalue weighted by molar-refractivity contribution is 7.80. The zero-order valence-corrected chi connectivity index (χ0v) is 20.6. The Hall–Kier alpha value is -2.94. The highest BCUT2D eigenvalue weighted by atomic mass is 32.2. The van der Waals surface area contributed by atoms with Crippen LogP contribution in [0.25, 0.3) is 16.5 Å². The van der Waals surface area contributed by atoms with Crippen molar-refractivity contribution in [3.63, 3.8) is 0 Å². The summed E-state index contributed by atoms with van der Waals surface area (Å²) in [7, 11) is 2.15. The number of carbonyl (C=O) groups is 1. The van der Waals surface area contributed by atoms with Crippen LogP contribution in [0.2, 0.25) is 0 Å². The minimum atomic E-state index is -2.22. The third-order valence-electron chi connectivity index (χ3n) is 6.64. The molecule has 2 aliphatic rings. The van der Waals surface area contributed by atoms with E-state index in [0.29, 0.717) is 11.7 Å². The number of amides is 1. The van der Waals surface area contributed by atoms with Crippen LogP contribution in [-0.4, -0.2) is 62.2 Å². The van der Waals surface area contributed by atoms with Crippen molar-refractivity contribution in [2.75, 3.05) is 31.4 Å². The van der Waals surface area contributed by atoms with E-state index >= 15 is 0 Å². The smallest absolute Gasteiger partial charge is 0.230 e. The molecule has 0 spiro atoms. The highest BCUT2D eigenvalue weighted by Gasteiger charge is 2.36. The monoisotopic (exact) mass is 479 g/mol. The first-order valence-corrected chi connectivity index (χ1v) is 12.7. The van der Waals surface area contributed by atoms with Gasteiger partial charge < -0.3 is 19.2 Å². The first-order chi connectivity index (χ1) is 16.4. The van der Waals surface area contributed by atoms with E-state index in [9.17, 15) is 13.6 Å². The molecule has 180 valence electrons. The van der Waals surface area contributed by atoms with E-state index in [0.717, 1.165) is 26.1 Å². The first-order valence-electron chi connectivity index (χ1n) is 11.6. The molecule has 2 heterocycles. The van der Waals surface area contributed by atoms with Crippen molar-refractivity contribution >= 4 is 39.3 Å². The second kappa shape index (κ2) is 10.5. The Balaban J connectivity index is 0.000000231. The molecule has 1 unspecified atom stereocenters. The standard InChI is InChI=1S/C20H25N3O.C6H7NO2S/c1-4-23(5-2)20(24)14-9-16-15-7-6-8-17-19(15)13(11-21-17)10-18(16)22(3)12-14;8-10(9)7-6-4-2-1-3-5-6/h6-9,11,14,18,21H,4-5,10,12H2,1-3H3;1-5,7H,(H,8,9)/p-1/t14-,18-;/m1./s1. The lowest BCUT2D eigenvalue weighted by Gasteiger charge is -2.40. The van der Waals surface area contributed by atoms with Crippen LogP contribution >= 0.6 is 0 Å². The number of rotatable bonds is 5.